The number of halogens is 2. The molecule has 0 saturated carbocycles. The summed E-state index contributed by atoms with van der Waals surface area (Å²) in [6, 6.07) is 7.24. The normalized spacial score (nSPS) is 10.3. The van der Waals surface area contributed by atoms with Crippen LogP contribution in [-0.2, 0) is 0 Å². The van der Waals surface area contributed by atoms with E-state index in [1.54, 1.807) is 19.1 Å². The predicted molar refractivity (Wildman–Crippen MR) is 73.3 cm³/mol. The minimum absolute atomic E-state index is 0.102. The highest BCUT2D eigenvalue weighted by Crippen LogP contribution is 2.23. The summed E-state index contributed by atoms with van der Waals surface area (Å²) in [6.07, 6.45) is 0. The number of pyridine rings is 1. The van der Waals surface area contributed by atoms with Gasteiger partial charge in [-0.2, -0.15) is 0 Å². The van der Waals surface area contributed by atoms with Gasteiger partial charge < -0.3 is 10.4 Å². The first kappa shape index (κ1) is 13.5. The lowest BCUT2D eigenvalue weighted by Crippen LogP contribution is -2.02. The monoisotopic (exact) mass is 324 g/mol. The van der Waals surface area contributed by atoms with Gasteiger partial charge >= 0.3 is 5.97 Å². The minimum atomic E-state index is -1.05. The van der Waals surface area contributed by atoms with Crippen LogP contribution < -0.4 is 5.32 Å². The van der Waals surface area contributed by atoms with Gasteiger partial charge in [-0.25, -0.2) is 14.2 Å². The molecule has 0 amide bonds. The summed E-state index contributed by atoms with van der Waals surface area (Å²) in [4.78, 5) is 15.1. The van der Waals surface area contributed by atoms with Crippen molar-refractivity contribution >= 4 is 33.4 Å². The van der Waals surface area contributed by atoms with E-state index >= 15 is 0 Å². The molecular weight excluding hydrogens is 315 g/mol. The third-order valence-corrected chi connectivity index (χ3v) is 2.88. The van der Waals surface area contributed by atoms with E-state index in [-0.39, 0.29) is 17.1 Å². The number of carboxylic acids is 1. The molecule has 2 rings (SSSR count). The van der Waals surface area contributed by atoms with Crippen molar-refractivity contribution in [2.75, 3.05) is 5.32 Å². The number of carbonyl (C=O) groups is 1. The van der Waals surface area contributed by atoms with E-state index in [0.717, 1.165) is 0 Å². The van der Waals surface area contributed by atoms with Crippen LogP contribution in [0.2, 0.25) is 0 Å². The molecule has 1 aromatic carbocycles. The number of nitrogens with zero attached hydrogens (tertiary/aromatic N) is 1. The van der Waals surface area contributed by atoms with E-state index < -0.39 is 11.8 Å². The van der Waals surface area contributed by atoms with Crippen molar-refractivity contribution in [3.05, 3.63) is 51.9 Å². The molecule has 0 fully saturated rings. The smallest absolute Gasteiger partial charge is 0.335 e. The highest BCUT2D eigenvalue weighted by atomic mass is 79.9. The number of anilines is 2. The Hall–Kier alpha value is -1.95. The van der Waals surface area contributed by atoms with Crippen molar-refractivity contribution in [2.45, 2.75) is 6.92 Å². The van der Waals surface area contributed by atoms with Crippen LogP contribution in [0.25, 0.3) is 0 Å². The first-order valence-corrected chi connectivity index (χ1v) is 6.19. The summed E-state index contributed by atoms with van der Waals surface area (Å²) in [5.74, 6) is -1.21. The van der Waals surface area contributed by atoms with E-state index in [1.165, 1.54) is 18.2 Å². The molecule has 1 aromatic heterocycles. The number of aromatic nitrogens is 1. The average molecular weight is 325 g/mol. The SMILES string of the molecule is Cc1cc(C(=O)O)cc(Nc2cc(Br)ccc2F)n1. The van der Waals surface area contributed by atoms with Gasteiger partial charge in [0.25, 0.3) is 0 Å². The van der Waals surface area contributed by atoms with Crippen LogP contribution in [0.4, 0.5) is 15.9 Å². The Morgan fingerprint density at radius 3 is 2.79 bits per heavy atom. The maximum Gasteiger partial charge on any atom is 0.335 e. The Kier molecular flexibility index (Phi) is 3.80. The second-order valence-corrected chi connectivity index (χ2v) is 4.85. The number of hydrogen-bond acceptors (Lipinski definition) is 3. The number of benzene rings is 1. The zero-order chi connectivity index (χ0) is 14.0. The number of aryl methyl sites for hydroxylation is 1. The van der Waals surface area contributed by atoms with Gasteiger partial charge in [0, 0.05) is 10.2 Å². The summed E-state index contributed by atoms with van der Waals surface area (Å²) in [6.45, 7) is 1.68. The lowest BCUT2D eigenvalue weighted by atomic mass is 10.2. The standard InChI is InChI=1S/C13H10BrFN2O2/c1-7-4-8(13(18)19)5-12(16-7)17-11-6-9(14)2-3-10(11)15/h2-6H,1H3,(H,16,17)(H,18,19). The molecule has 0 atom stereocenters. The highest BCUT2D eigenvalue weighted by Gasteiger charge is 2.09. The molecule has 0 spiro atoms. The van der Waals surface area contributed by atoms with E-state index in [2.05, 4.69) is 26.2 Å². The largest absolute Gasteiger partial charge is 0.478 e. The summed E-state index contributed by atoms with van der Waals surface area (Å²) >= 11 is 3.24. The number of carboxylic acid groups (broad SMARTS) is 1. The Morgan fingerprint density at radius 1 is 1.37 bits per heavy atom. The molecule has 4 nitrogen and oxygen atoms in total. The molecule has 0 aliphatic rings. The van der Waals surface area contributed by atoms with Crippen LogP contribution in [0, 0.1) is 12.7 Å². The maximum absolute atomic E-state index is 13.6. The van der Waals surface area contributed by atoms with Gasteiger partial charge in [-0.05, 0) is 37.3 Å². The molecule has 0 aliphatic carbocycles. The van der Waals surface area contributed by atoms with Crippen molar-refractivity contribution in [3.63, 3.8) is 0 Å². The zero-order valence-corrected chi connectivity index (χ0v) is 11.5. The Bertz CT molecular complexity index is 647. The second-order valence-electron chi connectivity index (χ2n) is 3.94. The first-order valence-electron chi connectivity index (χ1n) is 5.40. The topological polar surface area (TPSA) is 62.2 Å². The molecule has 0 radical (unpaired) electrons. The second kappa shape index (κ2) is 5.36. The Morgan fingerprint density at radius 2 is 2.11 bits per heavy atom. The van der Waals surface area contributed by atoms with Gasteiger partial charge in [0.15, 0.2) is 0 Å². The predicted octanol–water partition coefficient (Wildman–Crippen LogP) is 3.73. The molecule has 0 unspecified atom stereocenters. The van der Waals surface area contributed by atoms with Crippen molar-refractivity contribution in [3.8, 4) is 0 Å². The van der Waals surface area contributed by atoms with Crippen molar-refractivity contribution < 1.29 is 14.3 Å². The van der Waals surface area contributed by atoms with Crippen LogP contribution in [0.3, 0.4) is 0 Å². The molecule has 98 valence electrons. The zero-order valence-electron chi connectivity index (χ0n) is 9.95. The van der Waals surface area contributed by atoms with Crippen LogP contribution in [-0.4, -0.2) is 16.1 Å². The van der Waals surface area contributed by atoms with Gasteiger partial charge in [-0.1, -0.05) is 15.9 Å². The fourth-order valence-corrected chi connectivity index (χ4v) is 1.95. The molecule has 0 bridgehead atoms. The van der Waals surface area contributed by atoms with Crippen LogP contribution >= 0.6 is 15.9 Å². The summed E-state index contributed by atoms with van der Waals surface area (Å²) in [5.41, 5.74) is 0.868. The number of hydrogen-bond donors (Lipinski definition) is 2. The lowest BCUT2D eigenvalue weighted by molar-refractivity contribution is 0.0696. The van der Waals surface area contributed by atoms with Gasteiger partial charge in [-0.3, -0.25) is 0 Å². The van der Waals surface area contributed by atoms with E-state index in [1.807, 2.05) is 0 Å². The van der Waals surface area contributed by atoms with E-state index in [0.29, 0.717) is 10.2 Å². The number of rotatable bonds is 3. The third-order valence-electron chi connectivity index (χ3n) is 2.39. The van der Waals surface area contributed by atoms with Gasteiger partial charge in [0.05, 0.1) is 11.3 Å². The first-order chi connectivity index (χ1) is 8.95. The molecule has 0 aliphatic heterocycles. The van der Waals surface area contributed by atoms with E-state index in [4.69, 9.17) is 5.11 Å². The number of nitrogens with one attached hydrogen (secondary N) is 1. The van der Waals surface area contributed by atoms with Crippen LogP contribution in [0.15, 0.2) is 34.8 Å². The summed E-state index contributed by atoms with van der Waals surface area (Å²) < 4.78 is 14.3. The van der Waals surface area contributed by atoms with Crippen molar-refractivity contribution in [1.29, 1.82) is 0 Å². The van der Waals surface area contributed by atoms with Crippen LogP contribution in [0.5, 0.6) is 0 Å². The van der Waals surface area contributed by atoms with E-state index in [9.17, 15) is 9.18 Å². The molecule has 2 N–H and O–H groups in total. The van der Waals surface area contributed by atoms with Gasteiger partial charge in [0.1, 0.15) is 11.6 Å². The summed E-state index contributed by atoms with van der Waals surface area (Å²) in [7, 11) is 0. The quantitative estimate of drug-likeness (QED) is 0.902. The molecule has 1 heterocycles. The molecule has 6 heteroatoms. The summed E-state index contributed by atoms with van der Waals surface area (Å²) in [5, 5.41) is 11.7. The van der Waals surface area contributed by atoms with Gasteiger partial charge in [-0.15, -0.1) is 0 Å². The molecule has 0 saturated heterocycles. The van der Waals surface area contributed by atoms with Gasteiger partial charge in [0.2, 0.25) is 0 Å². The molecule has 2 aromatic rings. The Balaban J connectivity index is 2.38. The lowest BCUT2D eigenvalue weighted by Gasteiger charge is -2.09. The average Bonchev–Trinajstić information content (AvgIpc) is 2.33. The minimum Gasteiger partial charge on any atom is -0.478 e. The van der Waals surface area contributed by atoms with Crippen molar-refractivity contribution in [1.82, 2.24) is 4.98 Å². The molecular formula is C13H10BrFN2O2. The Labute approximate surface area is 117 Å². The fraction of sp³-hybridized carbons (Fsp3) is 0.0769. The highest BCUT2D eigenvalue weighted by molar-refractivity contribution is 9.10. The van der Waals surface area contributed by atoms with Crippen LogP contribution in [0.1, 0.15) is 16.1 Å². The fourth-order valence-electron chi connectivity index (χ4n) is 1.59. The van der Waals surface area contributed by atoms with Crippen molar-refractivity contribution in [2.24, 2.45) is 0 Å². The third kappa shape index (κ3) is 3.29. The number of aromatic carboxylic acids is 1. The maximum atomic E-state index is 13.6. The molecule has 19 heavy (non-hydrogen) atoms.